The molecule has 2 N–H and O–H groups in total. The number of aliphatic hydroxyl groups is 2. The quantitative estimate of drug-likeness (QED) is 0.770. The van der Waals surface area contributed by atoms with E-state index in [-0.39, 0.29) is 6.42 Å². The number of hydrogen-bond donors (Lipinski definition) is 2. The van der Waals surface area contributed by atoms with Gasteiger partial charge in [-0.15, -0.1) is 11.8 Å². The Labute approximate surface area is 99.7 Å². The molecule has 0 heterocycles. The molecular weight excluding hydrogens is 222 g/mol. The van der Waals surface area contributed by atoms with Crippen molar-refractivity contribution in [3.8, 4) is 6.07 Å². The predicted octanol–water partition coefficient (Wildman–Crippen LogP) is 2.11. The Hall–Kier alpha value is -1.02. The molecule has 0 bridgehead atoms. The van der Waals surface area contributed by atoms with Gasteiger partial charge in [-0.1, -0.05) is 19.1 Å². The molecule has 0 saturated heterocycles. The van der Waals surface area contributed by atoms with E-state index >= 15 is 0 Å². The highest BCUT2D eigenvalue weighted by Gasteiger charge is 2.17. The summed E-state index contributed by atoms with van der Waals surface area (Å²) in [5.74, 6) is 0.959. The first-order valence-electron chi connectivity index (χ1n) is 5.15. The molecule has 16 heavy (non-hydrogen) atoms. The van der Waals surface area contributed by atoms with E-state index in [0.717, 1.165) is 10.6 Å². The minimum Gasteiger partial charge on any atom is -0.389 e. The molecule has 0 aliphatic heterocycles. The van der Waals surface area contributed by atoms with Gasteiger partial charge >= 0.3 is 0 Å². The second kappa shape index (κ2) is 6.54. The first-order valence-corrected chi connectivity index (χ1v) is 6.13. The van der Waals surface area contributed by atoms with Crippen LogP contribution < -0.4 is 0 Å². The Morgan fingerprint density at radius 1 is 1.44 bits per heavy atom. The molecule has 3 nitrogen and oxygen atoms in total. The van der Waals surface area contributed by atoms with Crippen molar-refractivity contribution in [2.45, 2.75) is 30.4 Å². The number of thioether (sulfide) groups is 1. The summed E-state index contributed by atoms with van der Waals surface area (Å²) in [5.41, 5.74) is 0.654. The number of benzene rings is 1. The Morgan fingerprint density at radius 2 is 2.19 bits per heavy atom. The summed E-state index contributed by atoms with van der Waals surface area (Å²) in [4.78, 5) is 1.06. The van der Waals surface area contributed by atoms with Crippen LogP contribution in [0.25, 0.3) is 0 Å². The zero-order valence-corrected chi connectivity index (χ0v) is 9.94. The smallest absolute Gasteiger partial charge is 0.106 e. The average molecular weight is 237 g/mol. The maximum absolute atomic E-state index is 9.80. The molecule has 0 radical (unpaired) electrons. The number of aliphatic hydroxyl groups excluding tert-OH is 2. The SMILES string of the molecule is CCSc1cccc(C(O)C(O)CC#N)c1. The van der Waals surface area contributed by atoms with Crippen LogP contribution in [-0.2, 0) is 0 Å². The van der Waals surface area contributed by atoms with E-state index in [1.807, 2.05) is 24.3 Å². The Morgan fingerprint density at radius 3 is 2.81 bits per heavy atom. The maximum Gasteiger partial charge on any atom is 0.106 e. The molecule has 2 unspecified atom stereocenters. The van der Waals surface area contributed by atoms with Crippen LogP contribution in [0.1, 0.15) is 25.0 Å². The van der Waals surface area contributed by atoms with Crippen LogP contribution in [0, 0.1) is 11.3 Å². The van der Waals surface area contributed by atoms with Crippen LogP contribution in [0.4, 0.5) is 0 Å². The van der Waals surface area contributed by atoms with Crippen molar-refractivity contribution in [2.24, 2.45) is 0 Å². The van der Waals surface area contributed by atoms with Gasteiger partial charge in [0.25, 0.3) is 0 Å². The lowest BCUT2D eigenvalue weighted by Gasteiger charge is -2.16. The molecular formula is C12H15NO2S. The van der Waals surface area contributed by atoms with Crippen LogP contribution in [0.5, 0.6) is 0 Å². The summed E-state index contributed by atoms with van der Waals surface area (Å²) in [6.45, 7) is 2.05. The molecule has 0 spiro atoms. The highest BCUT2D eigenvalue weighted by molar-refractivity contribution is 7.99. The van der Waals surface area contributed by atoms with Crippen molar-refractivity contribution in [3.63, 3.8) is 0 Å². The van der Waals surface area contributed by atoms with Crippen molar-refractivity contribution >= 4 is 11.8 Å². The summed E-state index contributed by atoms with van der Waals surface area (Å²) in [5, 5.41) is 27.8. The number of rotatable bonds is 5. The fourth-order valence-electron chi connectivity index (χ4n) is 1.38. The van der Waals surface area contributed by atoms with Crippen LogP contribution >= 0.6 is 11.8 Å². The zero-order valence-electron chi connectivity index (χ0n) is 9.13. The highest BCUT2D eigenvalue weighted by Crippen LogP contribution is 2.24. The van der Waals surface area contributed by atoms with Crippen molar-refractivity contribution in [1.29, 1.82) is 5.26 Å². The molecule has 0 aromatic heterocycles. The predicted molar refractivity (Wildman–Crippen MR) is 64.0 cm³/mol. The van der Waals surface area contributed by atoms with E-state index in [1.54, 1.807) is 17.8 Å². The monoisotopic (exact) mass is 237 g/mol. The third-order valence-electron chi connectivity index (χ3n) is 2.18. The van der Waals surface area contributed by atoms with Gasteiger partial charge in [-0.3, -0.25) is 0 Å². The number of hydrogen-bond acceptors (Lipinski definition) is 4. The fourth-order valence-corrected chi connectivity index (χ4v) is 2.11. The molecule has 1 aromatic carbocycles. The summed E-state index contributed by atoms with van der Waals surface area (Å²) in [7, 11) is 0. The topological polar surface area (TPSA) is 64.2 Å². The Balaban J connectivity index is 2.79. The Kier molecular flexibility index (Phi) is 5.33. The minimum atomic E-state index is -1.02. The van der Waals surface area contributed by atoms with E-state index in [0.29, 0.717) is 5.56 Å². The van der Waals surface area contributed by atoms with E-state index < -0.39 is 12.2 Å². The van der Waals surface area contributed by atoms with Gasteiger partial charge in [-0.25, -0.2) is 0 Å². The van der Waals surface area contributed by atoms with Gasteiger partial charge in [0.1, 0.15) is 6.10 Å². The third-order valence-corrected chi connectivity index (χ3v) is 3.05. The first-order chi connectivity index (χ1) is 7.69. The summed E-state index contributed by atoms with van der Waals surface area (Å²) < 4.78 is 0. The van der Waals surface area contributed by atoms with Crippen LogP contribution in [0.2, 0.25) is 0 Å². The number of nitrogens with zero attached hydrogens (tertiary/aromatic N) is 1. The molecule has 86 valence electrons. The third kappa shape index (κ3) is 3.53. The van der Waals surface area contributed by atoms with Gasteiger partial charge < -0.3 is 10.2 Å². The van der Waals surface area contributed by atoms with Crippen LogP contribution in [-0.4, -0.2) is 22.1 Å². The van der Waals surface area contributed by atoms with Crippen molar-refractivity contribution < 1.29 is 10.2 Å². The standard InChI is InChI=1S/C12H15NO2S/c1-2-16-10-5-3-4-9(8-10)12(15)11(14)6-7-13/h3-5,8,11-12,14-15H,2,6H2,1H3. The summed E-state index contributed by atoms with van der Waals surface area (Å²) in [6.07, 6.45) is -2.07. The van der Waals surface area contributed by atoms with E-state index in [1.165, 1.54) is 0 Å². The second-order valence-electron chi connectivity index (χ2n) is 3.38. The average Bonchev–Trinajstić information content (AvgIpc) is 2.29. The number of nitriles is 1. The summed E-state index contributed by atoms with van der Waals surface area (Å²) >= 11 is 1.67. The van der Waals surface area contributed by atoms with E-state index in [4.69, 9.17) is 5.26 Å². The maximum atomic E-state index is 9.80. The lowest BCUT2D eigenvalue weighted by Crippen LogP contribution is -2.17. The largest absolute Gasteiger partial charge is 0.389 e. The van der Waals surface area contributed by atoms with Gasteiger partial charge in [-0.2, -0.15) is 5.26 Å². The van der Waals surface area contributed by atoms with Gasteiger partial charge in [-0.05, 0) is 23.4 Å². The Bertz CT molecular complexity index is 376. The van der Waals surface area contributed by atoms with Crippen LogP contribution in [0.15, 0.2) is 29.2 Å². The molecule has 0 aliphatic rings. The van der Waals surface area contributed by atoms with Gasteiger partial charge in [0.05, 0.1) is 18.6 Å². The van der Waals surface area contributed by atoms with Crippen molar-refractivity contribution in [3.05, 3.63) is 29.8 Å². The molecule has 0 aliphatic carbocycles. The van der Waals surface area contributed by atoms with Gasteiger partial charge in [0.15, 0.2) is 0 Å². The molecule has 0 saturated carbocycles. The minimum absolute atomic E-state index is 0.0632. The molecule has 0 fully saturated rings. The molecule has 4 heteroatoms. The normalized spacial score (nSPS) is 14.1. The lowest BCUT2D eigenvalue weighted by molar-refractivity contribution is 0.0215. The molecule has 2 atom stereocenters. The first kappa shape index (κ1) is 13.0. The highest BCUT2D eigenvalue weighted by atomic mass is 32.2. The lowest BCUT2D eigenvalue weighted by atomic mass is 10.0. The van der Waals surface area contributed by atoms with E-state index in [2.05, 4.69) is 6.92 Å². The van der Waals surface area contributed by atoms with Gasteiger partial charge in [0.2, 0.25) is 0 Å². The van der Waals surface area contributed by atoms with Crippen molar-refractivity contribution in [1.82, 2.24) is 0 Å². The molecule has 1 aromatic rings. The molecule has 1 rings (SSSR count). The van der Waals surface area contributed by atoms with Gasteiger partial charge in [0, 0.05) is 4.90 Å². The second-order valence-corrected chi connectivity index (χ2v) is 4.72. The zero-order chi connectivity index (χ0) is 12.0. The fraction of sp³-hybridized carbons (Fsp3) is 0.417. The van der Waals surface area contributed by atoms with E-state index in [9.17, 15) is 10.2 Å². The van der Waals surface area contributed by atoms with Crippen LogP contribution in [0.3, 0.4) is 0 Å². The molecule has 0 amide bonds. The summed E-state index contributed by atoms with van der Waals surface area (Å²) in [6, 6.07) is 9.25. The van der Waals surface area contributed by atoms with Crippen molar-refractivity contribution in [2.75, 3.05) is 5.75 Å².